The maximum Gasteiger partial charge on any atom is 0.279 e. The van der Waals surface area contributed by atoms with Gasteiger partial charge in [-0.1, -0.05) is 11.3 Å². The summed E-state index contributed by atoms with van der Waals surface area (Å²) in [4.78, 5) is 16.8. The predicted octanol–water partition coefficient (Wildman–Crippen LogP) is 3.28. The van der Waals surface area contributed by atoms with Crippen LogP contribution in [0, 0.1) is 11.6 Å². The van der Waals surface area contributed by atoms with Gasteiger partial charge in [0.25, 0.3) is 5.91 Å². The van der Waals surface area contributed by atoms with Crippen LogP contribution in [0.1, 0.15) is 10.4 Å². The molecule has 0 radical (unpaired) electrons. The van der Waals surface area contributed by atoms with Gasteiger partial charge in [0.2, 0.25) is 0 Å². The number of ether oxygens (including phenoxy) is 2. The summed E-state index contributed by atoms with van der Waals surface area (Å²) >= 11 is 1.03. The van der Waals surface area contributed by atoms with Crippen molar-refractivity contribution in [3.63, 3.8) is 0 Å². The van der Waals surface area contributed by atoms with Crippen LogP contribution in [0.15, 0.2) is 35.3 Å². The van der Waals surface area contributed by atoms with Crippen molar-refractivity contribution in [2.45, 2.75) is 0 Å². The Hall–Kier alpha value is -2.74. The molecular weight excluding hydrogens is 350 g/mol. The van der Waals surface area contributed by atoms with E-state index in [0.29, 0.717) is 16.2 Å². The number of aromatic nitrogens is 1. The monoisotopic (exact) mass is 364 g/mol. The van der Waals surface area contributed by atoms with Gasteiger partial charge in [0.15, 0.2) is 10.6 Å². The second-order valence-electron chi connectivity index (χ2n) is 5.20. The molecule has 0 atom stereocenters. The smallest absolute Gasteiger partial charge is 0.279 e. The number of fused-ring (bicyclic) bond motifs is 1. The van der Waals surface area contributed by atoms with Crippen LogP contribution >= 0.6 is 11.3 Å². The molecule has 0 aliphatic heterocycles. The second-order valence-corrected chi connectivity index (χ2v) is 6.21. The van der Waals surface area contributed by atoms with Gasteiger partial charge in [0.05, 0.1) is 24.4 Å². The quantitative estimate of drug-likeness (QED) is 0.717. The minimum Gasteiger partial charge on any atom is -0.497 e. The Morgan fingerprint density at radius 3 is 2.32 bits per heavy atom. The largest absolute Gasteiger partial charge is 0.497 e. The maximum atomic E-state index is 14.0. The molecule has 130 valence electrons. The van der Waals surface area contributed by atoms with E-state index in [1.165, 1.54) is 37.0 Å². The van der Waals surface area contributed by atoms with Crippen molar-refractivity contribution in [2.75, 3.05) is 14.2 Å². The summed E-state index contributed by atoms with van der Waals surface area (Å²) in [5.41, 5.74) is 0.460. The normalized spacial score (nSPS) is 11.8. The zero-order valence-corrected chi connectivity index (χ0v) is 14.5. The molecule has 0 saturated carbocycles. The Balaban J connectivity index is 2.12. The van der Waals surface area contributed by atoms with Crippen molar-refractivity contribution in [3.05, 3.63) is 52.3 Å². The van der Waals surface area contributed by atoms with Gasteiger partial charge in [-0.05, 0) is 18.2 Å². The van der Waals surface area contributed by atoms with Crippen molar-refractivity contribution < 1.29 is 23.0 Å². The summed E-state index contributed by atoms with van der Waals surface area (Å²) in [6, 6.07) is 6.70. The molecule has 1 amide bonds. The average Bonchev–Trinajstić information content (AvgIpc) is 2.89. The van der Waals surface area contributed by atoms with Gasteiger partial charge in [0, 0.05) is 24.7 Å². The lowest BCUT2D eigenvalue weighted by molar-refractivity contribution is 0.0997. The van der Waals surface area contributed by atoms with Crippen LogP contribution in [0.2, 0.25) is 0 Å². The molecule has 3 rings (SSSR count). The first-order chi connectivity index (χ1) is 11.9. The average molecular weight is 364 g/mol. The molecule has 2 aromatic carbocycles. The van der Waals surface area contributed by atoms with E-state index in [1.54, 1.807) is 13.1 Å². The summed E-state index contributed by atoms with van der Waals surface area (Å²) in [6.07, 6.45) is 0. The molecule has 8 heteroatoms. The number of halogens is 2. The number of rotatable bonds is 3. The second kappa shape index (κ2) is 6.64. The molecule has 5 nitrogen and oxygen atoms in total. The molecule has 3 aromatic rings. The molecule has 0 bridgehead atoms. The Morgan fingerprint density at radius 1 is 1.08 bits per heavy atom. The van der Waals surface area contributed by atoms with E-state index >= 15 is 0 Å². The van der Waals surface area contributed by atoms with E-state index in [9.17, 15) is 13.6 Å². The molecule has 0 aliphatic rings. The van der Waals surface area contributed by atoms with Crippen LogP contribution in [0.4, 0.5) is 8.78 Å². The fourth-order valence-electron chi connectivity index (χ4n) is 2.39. The molecular formula is C17H14F2N2O3S. The van der Waals surface area contributed by atoms with Crippen molar-refractivity contribution in [3.8, 4) is 11.5 Å². The van der Waals surface area contributed by atoms with Crippen LogP contribution in [0.5, 0.6) is 11.5 Å². The summed E-state index contributed by atoms with van der Waals surface area (Å²) in [5, 5.41) is 0. The zero-order valence-electron chi connectivity index (χ0n) is 13.7. The number of methoxy groups -OCH3 is 2. The number of carbonyl (C=O) groups is 1. The minimum atomic E-state index is -0.703. The molecule has 0 spiro atoms. The van der Waals surface area contributed by atoms with Crippen LogP contribution < -0.4 is 14.3 Å². The van der Waals surface area contributed by atoms with E-state index in [-0.39, 0.29) is 15.9 Å². The number of thiazole rings is 1. The maximum absolute atomic E-state index is 14.0. The van der Waals surface area contributed by atoms with Gasteiger partial charge < -0.3 is 14.0 Å². The number of amides is 1. The molecule has 0 unspecified atom stereocenters. The lowest BCUT2D eigenvalue weighted by Gasteiger charge is -2.05. The first kappa shape index (κ1) is 17.1. The van der Waals surface area contributed by atoms with Crippen LogP contribution in [0.25, 0.3) is 10.2 Å². The van der Waals surface area contributed by atoms with Crippen LogP contribution in [-0.2, 0) is 7.05 Å². The third-order valence-electron chi connectivity index (χ3n) is 3.61. The minimum absolute atomic E-state index is 0.196. The van der Waals surface area contributed by atoms with E-state index < -0.39 is 17.5 Å². The standard InChI is InChI=1S/C17H14F2N2O3S/c1-21-15-13(19)6-10(18)7-14(15)25-17(21)20-16(22)9-4-11(23-2)8-12(5-9)24-3/h4-8H,1-3H3. The third kappa shape index (κ3) is 3.25. The summed E-state index contributed by atoms with van der Waals surface area (Å²) in [5.74, 6) is -1.02. The van der Waals surface area contributed by atoms with Crippen molar-refractivity contribution in [1.29, 1.82) is 0 Å². The topological polar surface area (TPSA) is 52.8 Å². The fourth-order valence-corrected chi connectivity index (χ4v) is 3.44. The molecule has 1 aromatic heterocycles. The molecule has 0 fully saturated rings. The summed E-state index contributed by atoms with van der Waals surface area (Å²) in [6.45, 7) is 0. The van der Waals surface area contributed by atoms with E-state index in [4.69, 9.17) is 9.47 Å². The third-order valence-corrected chi connectivity index (χ3v) is 4.69. The number of benzene rings is 2. The van der Waals surface area contributed by atoms with Gasteiger partial charge in [-0.3, -0.25) is 4.79 Å². The highest BCUT2D eigenvalue weighted by atomic mass is 32.1. The first-order valence-electron chi connectivity index (χ1n) is 7.19. The molecule has 0 saturated heterocycles. The van der Waals surface area contributed by atoms with E-state index in [0.717, 1.165) is 17.4 Å². The Kier molecular flexibility index (Phi) is 4.54. The highest BCUT2D eigenvalue weighted by molar-refractivity contribution is 7.16. The summed E-state index contributed by atoms with van der Waals surface area (Å²) < 4.78 is 39.4. The zero-order chi connectivity index (χ0) is 18.1. The lowest BCUT2D eigenvalue weighted by atomic mass is 10.2. The number of hydrogen-bond donors (Lipinski definition) is 0. The number of aryl methyl sites for hydroxylation is 1. The lowest BCUT2D eigenvalue weighted by Crippen LogP contribution is -2.14. The SMILES string of the molecule is COc1cc(OC)cc(C(=O)N=c2sc3cc(F)cc(F)c3n2C)c1. The van der Waals surface area contributed by atoms with Crippen molar-refractivity contribution in [2.24, 2.45) is 12.0 Å². The van der Waals surface area contributed by atoms with Gasteiger partial charge in [-0.2, -0.15) is 4.99 Å². The van der Waals surface area contributed by atoms with Gasteiger partial charge in [-0.15, -0.1) is 0 Å². The van der Waals surface area contributed by atoms with Crippen molar-refractivity contribution >= 4 is 27.5 Å². The number of carbonyl (C=O) groups excluding carboxylic acids is 1. The van der Waals surface area contributed by atoms with Crippen LogP contribution in [-0.4, -0.2) is 24.7 Å². The fraction of sp³-hybridized carbons (Fsp3) is 0.176. The molecule has 25 heavy (non-hydrogen) atoms. The predicted molar refractivity (Wildman–Crippen MR) is 90.2 cm³/mol. The summed E-state index contributed by atoms with van der Waals surface area (Å²) in [7, 11) is 4.52. The van der Waals surface area contributed by atoms with Gasteiger partial charge in [-0.25, -0.2) is 8.78 Å². The van der Waals surface area contributed by atoms with Gasteiger partial charge >= 0.3 is 0 Å². The van der Waals surface area contributed by atoms with Gasteiger partial charge in [0.1, 0.15) is 17.3 Å². The number of nitrogens with zero attached hydrogens (tertiary/aromatic N) is 2. The highest BCUT2D eigenvalue weighted by Gasteiger charge is 2.13. The van der Waals surface area contributed by atoms with Crippen molar-refractivity contribution in [1.82, 2.24) is 4.57 Å². The Labute approximate surface area is 145 Å². The molecule has 1 heterocycles. The Bertz CT molecular complexity index is 1020. The number of hydrogen-bond acceptors (Lipinski definition) is 4. The van der Waals surface area contributed by atoms with E-state index in [2.05, 4.69) is 4.99 Å². The highest BCUT2D eigenvalue weighted by Crippen LogP contribution is 2.24. The first-order valence-corrected chi connectivity index (χ1v) is 8.01. The van der Waals surface area contributed by atoms with E-state index in [1.807, 2.05) is 0 Å². The molecule has 0 N–H and O–H groups in total. The Morgan fingerprint density at radius 2 is 1.72 bits per heavy atom. The molecule has 0 aliphatic carbocycles. The van der Waals surface area contributed by atoms with Crippen LogP contribution in [0.3, 0.4) is 0 Å².